The second kappa shape index (κ2) is 4.87. The third-order valence-electron chi connectivity index (χ3n) is 1.62. The Hall–Kier alpha value is -1.02. The number of nitrogens with one attached hydrogen (secondary N) is 1. The molecule has 0 aromatic heterocycles. The summed E-state index contributed by atoms with van der Waals surface area (Å²) in [6.07, 6.45) is 0. The van der Waals surface area contributed by atoms with Gasteiger partial charge in [0.05, 0.1) is 6.61 Å². The van der Waals surface area contributed by atoms with Crippen LogP contribution in [0, 0.1) is 5.41 Å². The Morgan fingerprint density at radius 1 is 1.46 bits per heavy atom. The second-order valence-corrected chi connectivity index (χ2v) is 3.01. The molecule has 0 aliphatic heterocycles. The lowest BCUT2D eigenvalue weighted by atomic mass is 10.1. The lowest BCUT2D eigenvalue weighted by Gasteiger charge is -2.10. The predicted molar refractivity (Wildman–Crippen MR) is 54.4 cm³/mol. The van der Waals surface area contributed by atoms with E-state index in [1.54, 1.807) is 0 Å². The van der Waals surface area contributed by atoms with E-state index in [4.69, 9.17) is 21.7 Å². The molecule has 1 rings (SSSR count). The van der Waals surface area contributed by atoms with E-state index in [9.17, 15) is 0 Å². The first-order valence-corrected chi connectivity index (χ1v) is 4.59. The maximum atomic E-state index is 7.48. The third-order valence-corrected chi connectivity index (χ3v) is 2.07. The zero-order chi connectivity index (χ0) is 9.68. The van der Waals surface area contributed by atoms with Crippen molar-refractivity contribution in [3.8, 4) is 0 Å². The van der Waals surface area contributed by atoms with Crippen molar-refractivity contribution in [2.75, 3.05) is 6.61 Å². The second-order valence-electron chi connectivity index (χ2n) is 2.57. The highest BCUT2D eigenvalue weighted by Gasteiger charge is 2.13. The van der Waals surface area contributed by atoms with Crippen LogP contribution in [0.15, 0.2) is 30.3 Å². The number of hydrogen-bond acceptors (Lipinski definition) is 2. The van der Waals surface area contributed by atoms with E-state index >= 15 is 0 Å². The molecule has 1 unspecified atom stereocenters. The molecule has 1 N–H and O–H groups in total. The van der Waals surface area contributed by atoms with Gasteiger partial charge < -0.3 is 4.74 Å². The van der Waals surface area contributed by atoms with Crippen molar-refractivity contribution in [2.45, 2.75) is 12.3 Å². The standard InChI is InChI=1S/C10H12ClNO/c1-2-13-10(12)9(11)8-6-4-3-5-7-8/h3-7,9,12H,2H2,1H3. The summed E-state index contributed by atoms with van der Waals surface area (Å²) >= 11 is 5.99. The van der Waals surface area contributed by atoms with Crippen LogP contribution in [0.3, 0.4) is 0 Å². The first kappa shape index (κ1) is 10.1. The molecule has 0 fully saturated rings. The van der Waals surface area contributed by atoms with Gasteiger partial charge in [-0.1, -0.05) is 30.3 Å². The van der Waals surface area contributed by atoms with Crippen LogP contribution in [0.2, 0.25) is 0 Å². The van der Waals surface area contributed by atoms with Gasteiger partial charge in [0.2, 0.25) is 5.90 Å². The van der Waals surface area contributed by atoms with E-state index in [2.05, 4.69) is 0 Å². The minimum absolute atomic E-state index is 0.107. The molecule has 3 heteroatoms. The summed E-state index contributed by atoms with van der Waals surface area (Å²) in [5.74, 6) is 0.107. The monoisotopic (exact) mass is 197 g/mol. The van der Waals surface area contributed by atoms with Crippen molar-refractivity contribution in [3.05, 3.63) is 35.9 Å². The normalized spacial score (nSPS) is 12.2. The molecule has 1 atom stereocenters. The van der Waals surface area contributed by atoms with E-state index in [-0.39, 0.29) is 5.90 Å². The SMILES string of the molecule is CCOC(=N)C(Cl)c1ccccc1. The first-order chi connectivity index (χ1) is 6.25. The molecular weight excluding hydrogens is 186 g/mol. The van der Waals surface area contributed by atoms with Gasteiger partial charge in [-0.3, -0.25) is 5.41 Å². The van der Waals surface area contributed by atoms with Crippen LogP contribution >= 0.6 is 11.6 Å². The van der Waals surface area contributed by atoms with Crippen LogP contribution in [0.4, 0.5) is 0 Å². The summed E-state index contributed by atoms with van der Waals surface area (Å²) in [6.45, 7) is 2.32. The minimum Gasteiger partial charge on any atom is -0.480 e. The zero-order valence-electron chi connectivity index (χ0n) is 7.46. The summed E-state index contributed by atoms with van der Waals surface area (Å²) in [6, 6.07) is 9.46. The number of hydrogen-bond donors (Lipinski definition) is 1. The Labute approximate surface area is 83.0 Å². The highest BCUT2D eigenvalue weighted by Crippen LogP contribution is 2.21. The van der Waals surface area contributed by atoms with Gasteiger partial charge in [-0.15, -0.1) is 11.6 Å². The van der Waals surface area contributed by atoms with Gasteiger partial charge >= 0.3 is 0 Å². The third kappa shape index (κ3) is 2.74. The highest BCUT2D eigenvalue weighted by atomic mass is 35.5. The summed E-state index contributed by atoms with van der Waals surface area (Å²) in [5.41, 5.74) is 0.891. The average molecular weight is 198 g/mol. The molecular formula is C10H12ClNO. The molecule has 0 aliphatic rings. The number of rotatable bonds is 3. The highest BCUT2D eigenvalue weighted by molar-refractivity contribution is 6.30. The number of halogens is 1. The van der Waals surface area contributed by atoms with E-state index in [0.29, 0.717) is 6.61 Å². The lowest BCUT2D eigenvalue weighted by Crippen LogP contribution is -2.09. The Kier molecular flexibility index (Phi) is 3.77. The smallest absolute Gasteiger partial charge is 0.203 e. The molecule has 1 aromatic carbocycles. The lowest BCUT2D eigenvalue weighted by molar-refractivity contribution is 0.315. The minimum atomic E-state index is -0.471. The van der Waals surface area contributed by atoms with E-state index < -0.39 is 5.38 Å². The van der Waals surface area contributed by atoms with Crippen molar-refractivity contribution >= 4 is 17.5 Å². The quantitative estimate of drug-likeness (QED) is 0.451. The molecule has 70 valence electrons. The van der Waals surface area contributed by atoms with Crippen molar-refractivity contribution < 1.29 is 4.74 Å². The van der Waals surface area contributed by atoms with Gasteiger partial charge in [-0.2, -0.15) is 0 Å². The molecule has 0 bridgehead atoms. The van der Waals surface area contributed by atoms with Crippen molar-refractivity contribution in [3.63, 3.8) is 0 Å². The molecule has 0 radical (unpaired) electrons. The Bertz CT molecular complexity index is 274. The fraction of sp³-hybridized carbons (Fsp3) is 0.300. The van der Waals surface area contributed by atoms with Crippen molar-refractivity contribution in [1.29, 1.82) is 5.41 Å². The summed E-state index contributed by atoms with van der Waals surface area (Å²) in [4.78, 5) is 0. The number of benzene rings is 1. The maximum Gasteiger partial charge on any atom is 0.203 e. The van der Waals surface area contributed by atoms with Crippen molar-refractivity contribution in [1.82, 2.24) is 0 Å². The van der Waals surface area contributed by atoms with Crippen molar-refractivity contribution in [2.24, 2.45) is 0 Å². The molecule has 0 saturated carbocycles. The molecule has 13 heavy (non-hydrogen) atoms. The van der Waals surface area contributed by atoms with Gasteiger partial charge in [0.1, 0.15) is 5.38 Å². The molecule has 0 heterocycles. The van der Waals surface area contributed by atoms with Crippen LogP contribution in [0.5, 0.6) is 0 Å². The van der Waals surface area contributed by atoms with Gasteiger partial charge in [0.15, 0.2) is 0 Å². The fourth-order valence-corrected chi connectivity index (χ4v) is 1.21. The van der Waals surface area contributed by atoms with E-state index in [0.717, 1.165) is 5.56 Å². The Morgan fingerprint density at radius 2 is 2.08 bits per heavy atom. The van der Waals surface area contributed by atoms with E-state index in [1.165, 1.54) is 0 Å². The number of ether oxygens (including phenoxy) is 1. The average Bonchev–Trinajstić information content (AvgIpc) is 2.18. The first-order valence-electron chi connectivity index (χ1n) is 4.16. The summed E-state index contributed by atoms with van der Waals surface area (Å²) in [7, 11) is 0. The molecule has 0 saturated heterocycles. The van der Waals surface area contributed by atoms with Crippen LogP contribution < -0.4 is 0 Å². The van der Waals surface area contributed by atoms with Crippen LogP contribution in [0.1, 0.15) is 17.9 Å². The Morgan fingerprint density at radius 3 is 2.62 bits per heavy atom. The molecule has 0 amide bonds. The maximum absolute atomic E-state index is 7.48. The largest absolute Gasteiger partial charge is 0.480 e. The fourth-order valence-electron chi connectivity index (χ4n) is 1.00. The van der Waals surface area contributed by atoms with Gasteiger partial charge in [0, 0.05) is 0 Å². The van der Waals surface area contributed by atoms with Gasteiger partial charge in [-0.25, -0.2) is 0 Å². The van der Waals surface area contributed by atoms with Crippen LogP contribution in [-0.2, 0) is 4.74 Å². The van der Waals surface area contributed by atoms with Crippen LogP contribution in [-0.4, -0.2) is 12.5 Å². The summed E-state index contributed by atoms with van der Waals surface area (Å²) < 4.78 is 5.01. The number of alkyl halides is 1. The molecule has 1 aromatic rings. The predicted octanol–water partition coefficient (Wildman–Crippen LogP) is 2.98. The Balaban J connectivity index is 2.68. The van der Waals surface area contributed by atoms with E-state index in [1.807, 2.05) is 37.3 Å². The molecule has 2 nitrogen and oxygen atoms in total. The topological polar surface area (TPSA) is 33.1 Å². The molecule has 0 aliphatic carbocycles. The van der Waals surface area contributed by atoms with Crippen LogP contribution in [0.25, 0.3) is 0 Å². The molecule has 0 spiro atoms. The summed E-state index contributed by atoms with van der Waals surface area (Å²) in [5, 5.41) is 7.01. The zero-order valence-corrected chi connectivity index (χ0v) is 8.21. The van der Waals surface area contributed by atoms with Gasteiger partial charge in [-0.05, 0) is 12.5 Å². The van der Waals surface area contributed by atoms with Gasteiger partial charge in [0.25, 0.3) is 0 Å².